The Labute approximate surface area is 138 Å². The average Bonchev–Trinajstić information content (AvgIpc) is 3.26. The summed E-state index contributed by atoms with van der Waals surface area (Å²) in [4.78, 5) is 15.1. The van der Waals surface area contributed by atoms with Crippen molar-refractivity contribution in [2.24, 2.45) is 0 Å². The molecule has 1 fully saturated rings. The zero-order valence-corrected chi connectivity index (χ0v) is 13.8. The maximum Gasteiger partial charge on any atom is 0.345 e. The van der Waals surface area contributed by atoms with Crippen LogP contribution in [0.5, 0.6) is 0 Å². The van der Waals surface area contributed by atoms with Gasteiger partial charge in [0.25, 0.3) is 0 Å². The summed E-state index contributed by atoms with van der Waals surface area (Å²) in [5, 5.41) is 13.4. The number of hydrogen-bond donors (Lipinski definition) is 1. The lowest BCUT2D eigenvalue weighted by atomic mass is 9.96. The van der Waals surface area contributed by atoms with Crippen LogP contribution in [0.3, 0.4) is 0 Å². The number of rotatable bonds is 4. The van der Waals surface area contributed by atoms with Gasteiger partial charge in [0.15, 0.2) is 0 Å². The quantitative estimate of drug-likeness (QED) is 0.925. The van der Waals surface area contributed by atoms with Gasteiger partial charge < -0.3 is 9.63 Å². The zero-order chi connectivity index (χ0) is 15.8. The van der Waals surface area contributed by atoms with Crippen molar-refractivity contribution in [1.82, 2.24) is 10.1 Å². The highest BCUT2D eigenvalue weighted by Gasteiger charge is 2.30. The number of carbonyl (C=O) groups is 1. The number of aromatic nitrogens is 1. The molecule has 5 nitrogen and oxygen atoms in total. The lowest BCUT2D eigenvalue weighted by Crippen LogP contribution is -2.23. The van der Waals surface area contributed by atoms with E-state index in [2.05, 4.69) is 10.1 Å². The molecule has 1 N–H and O–H groups in total. The Morgan fingerprint density at radius 1 is 1.35 bits per heavy atom. The highest BCUT2D eigenvalue weighted by Crippen LogP contribution is 2.37. The summed E-state index contributed by atoms with van der Waals surface area (Å²) in [6, 6.07) is 4.00. The number of aromatic carboxylic acids is 1. The maximum atomic E-state index is 11.1. The van der Waals surface area contributed by atoms with Crippen molar-refractivity contribution >= 4 is 17.3 Å². The SMILES string of the molecule is O=C(O)c1ccc(C2CCCN2Cc2noc3c2CCCC3)s1. The molecule has 0 radical (unpaired) electrons. The monoisotopic (exact) mass is 332 g/mol. The Balaban J connectivity index is 1.53. The predicted octanol–water partition coefficient (Wildman–Crippen LogP) is 3.65. The summed E-state index contributed by atoms with van der Waals surface area (Å²) >= 11 is 1.40. The Hall–Kier alpha value is -1.66. The number of hydrogen-bond acceptors (Lipinski definition) is 5. The molecule has 0 bridgehead atoms. The van der Waals surface area contributed by atoms with E-state index in [0.717, 1.165) is 55.1 Å². The molecule has 0 aromatic carbocycles. The van der Waals surface area contributed by atoms with Gasteiger partial charge in [-0.1, -0.05) is 5.16 Å². The second-order valence-corrected chi connectivity index (χ2v) is 7.49. The van der Waals surface area contributed by atoms with Gasteiger partial charge in [0.05, 0.1) is 0 Å². The van der Waals surface area contributed by atoms with E-state index in [1.54, 1.807) is 6.07 Å². The fourth-order valence-corrected chi connectivity index (χ4v) is 4.77. The van der Waals surface area contributed by atoms with E-state index >= 15 is 0 Å². The first-order valence-corrected chi connectivity index (χ1v) is 9.07. The van der Waals surface area contributed by atoms with Crippen LogP contribution in [-0.4, -0.2) is 27.7 Å². The van der Waals surface area contributed by atoms with Crippen molar-refractivity contribution in [2.45, 2.75) is 51.1 Å². The van der Waals surface area contributed by atoms with E-state index in [0.29, 0.717) is 10.9 Å². The Bertz CT molecular complexity index is 721. The van der Waals surface area contributed by atoms with Gasteiger partial charge in [-0.15, -0.1) is 11.3 Å². The number of carboxylic acids is 1. The third-order valence-corrected chi connectivity index (χ3v) is 6.09. The van der Waals surface area contributed by atoms with Crippen LogP contribution in [-0.2, 0) is 19.4 Å². The molecule has 2 aromatic heterocycles. The van der Waals surface area contributed by atoms with Gasteiger partial charge in [0, 0.05) is 29.4 Å². The van der Waals surface area contributed by atoms with Gasteiger partial charge in [-0.25, -0.2) is 4.79 Å². The summed E-state index contributed by atoms with van der Waals surface area (Å²) in [6.07, 6.45) is 6.73. The highest BCUT2D eigenvalue weighted by molar-refractivity contribution is 7.14. The van der Waals surface area contributed by atoms with Crippen LogP contribution >= 0.6 is 11.3 Å². The minimum Gasteiger partial charge on any atom is -0.477 e. The van der Waals surface area contributed by atoms with Crippen LogP contribution in [0, 0.1) is 0 Å². The first-order chi connectivity index (χ1) is 11.2. The smallest absolute Gasteiger partial charge is 0.345 e. The summed E-state index contributed by atoms with van der Waals surface area (Å²) in [5.74, 6) is 0.239. The van der Waals surface area contributed by atoms with Crippen molar-refractivity contribution in [3.8, 4) is 0 Å². The molecular weight excluding hydrogens is 312 g/mol. The van der Waals surface area contributed by atoms with Crippen molar-refractivity contribution < 1.29 is 14.4 Å². The first kappa shape index (κ1) is 14.9. The van der Waals surface area contributed by atoms with Gasteiger partial charge in [-0.3, -0.25) is 4.90 Å². The van der Waals surface area contributed by atoms with Crippen LogP contribution in [0.1, 0.15) is 63.3 Å². The molecule has 1 atom stereocenters. The summed E-state index contributed by atoms with van der Waals surface area (Å²) in [5.41, 5.74) is 2.40. The Morgan fingerprint density at radius 2 is 2.22 bits per heavy atom. The number of thiophene rings is 1. The molecule has 2 aromatic rings. The van der Waals surface area contributed by atoms with Gasteiger partial charge in [-0.05, 0) is 50.8 Å². The van der Waals surface area contributed by atoms with Crippen molar-refractivity contribution in [3.63, 3.8) is 0 Å². The van der Waals surface area contributed by atoms with Crippen LogP contribution in [0.25, 0.3) is 0 Å². The molecule has 6 heteroatoms. The third-order valence-electron chi connectivity index (χ3n) is 4.91. The lowest BCUT2D eigenvalue weighted by molar-refractivity contribution is 0.0702. The van der Waals surface area contributed by atoms with E-state index in [1.807, 2.05) is 6.07 Å². The third kappa shape index (κ3) is 2.81. The van der Waals surface area contributed by atoms with Crippen LogP contribution in [0.4, 0.5) is 0 Å². The summed E-state index contributed by atoms with van der Waals surface area (Å²) in [7, 11) is 0. The van der Waals surface area contributed by atoms with Gasteiger partial charge in [0.1, 0.15) is 16.3 Å². The van der Waals surface area contributed by atoms with Crippen molar-refractivity contribution in [2.75, 3.05) is 6.54 Å². The lowest BCUT2D eigenvalue weighted by Gasteiger charge is -2.23. The molecule has 1 saturated heterocycles. The van der Waals surface area contributed by atoms with Crippen LogP contribution in [0.15, 0.2) is 16.7 Å². The van der Waals surface area contributed by atoms with Gasteiger partial charge >= 0.3 is 5.97 Å². The average molecular weight is 332 g/mol. The van der Waals surface area contributed by atoms with Crippen molar-refractivity contribution in [3.05, 3.63) is 38.9 Å². The fourth-order valence-electron chi connectivity index (χ4n) is 3.75. The molecular formula is C17H20N2O3S. The van der Waals surface area contributed by atoms with Crippen molar-refractivity contribution in [1.29, 1.82) is 0 Å². The van der Waals surface area contributed by atoms with E-state index in [1.165, 1.54) is 29.7 Å². The van der Waals surface area contributed by atoms with Crippen LogP contribution < -0.4 is 0 Å². The minimum absolute atomic E-state index is 0.309. The molecule has 4 rings (SSSR count). The zero-order valence-electron chi connectivity index (χ0n) is 13.0. The molecule has 0 spiro atoms. The maximum absolute atomic E-state index is 11.1. The minimum atomic E-state index is -0.837. The molecule has 0 saturated carbocycles. The first-order valence-electron chi connectivity index (χ1n) is 8.26. The number of aryl methyl sites for hydroxylation is 1. The van der Waals surface area contributed by atoms with E-state index in [9.17, 15) is 4.79 Å². The summed E-state index contributed by atoms with van der Waals surface area (Å²) in [6.45, 7) is 1.84. The second-order valence-electron chi connectivity index (χ2n) is 6.37. The highest BCUT2D eigenvalue weighted by atomic mass is 32.1. The normalized spacial score (nSPS) is 21.5. The molecule has 1 aliphatic heterocycles. The van der Waals surface area contributed by atoms with E-state index in [4.69, 9.17) is 9.63 Å². The van der Waals surface area contributed by atoms with E-state index in [-0.39, 0.29) is 0 Å². The molecule has 23 heavy (non-hydrogen) atoms. The topological polar surface area (TPSA) is 66.6 Å². The van der Waals surface area contributed by atoms with E-state index < -0.39 is 5.97 Å². The Morgan fingerprint density at radius 3 is 3.04 bits per heavy atom. The number of carboxylic acid groups (broad SMARTS) is 1. The largest absolute Gasteiger partial charge is 0.477 e. The molecule has 1 aliphatic carbocycles. The van der Waals surface area contributed by atoms with Crippen LogP contribution in [0.2, 0.25) is 0 Å². The van der Waals surface area contributed by atoms with Gasteiger partial charge in [0.2, 0.25) is 0 Å². The molecule has 2 aliphatic rings. The number of likely N-dealkylation sites (tertiary alicyclic amines) is 1. The fraction of sp³-hybridized carbons (Fsp3) is 0.529. The van der Waals surface area contributed by atoms with Gasteiger partial charge in [-0.2, -0.15) is 0 Å². The number of nitrogens with zero attached hydrogens (tertiary/aromatic N) is 2. The Kier molecular flexibility index (Phi) is 3.95. The number of fused-ring (bicyclic) bond motifs is 1. The standard InChI is InChI=1S/C17H20N2O3S/c20-17(21)16-8-7-15(23-16)13-5-3-9-19(13)10-12-11-4-1-2-6-14(11)22-18-12/h7-8,13H,1-6,9-10H2,(H,20,21). The second kappa shape index (κ2) is 6.09. The predicted molar refractivity (Wildman–Crippen MR) is 86.8 cm³/mol. The molecule has 122 valence electrons. The molecule has 0 amide bonds. The summed E-state index contributed by atoms with van der Waals surface area (Å²) < 4.78 is 5.52. The molecule has 1 unspecified atom stereocenters. The molecule has 3 heterocycles.